The van der Waals surface area contributed by atoms with E-state index in [4.69, 9.17) is 16.1 Å². The molecule has 1 amide bonds. The van der Waals surface area contributed by atoms with Crippen molar-refractivity contribution in [2.75, 3.05) is 26.2 Å². The van der Waals surface area contributed by atoms with Crippen LogP contribution in [0.3, 0.4) is 0 Å². The molecule has 2 aliphatic heterocycles. The molecule has 0 aliphatic carbocycles. The Morgan fingerprint density at radius 3 is 2.85 bits per heavy atom. The molecule has 1 atom stereocenters. The number of likely N-dealkylation sites (tertiary alicyclic amines) is 2. The Labute approximate surface area is 164 Å². The molecule has 3 heterocycles. The number of amides is 1. The Hall–Kier alpha value is -1.92. The fourth-order valence-electron chi connectivity index (χ4n) is 4.03. The molecule has 0 saturated carbocycles. The minimum atomic E-state index is 0.0900. The Kier molecular flexibility index (Phi) is 5.74. The average molecular weight is 389 g/mol. The number of hydrogen-bond acceptors (Lipinski definition) is 5. The van der Waals surface area contributed by atoms with E-state index in [1.807, 2.05) is 24.3 Å². The lowest BCUT2D eigenvalue weighted by Gasteiger charge is -2.35. The highest BCUT2D eigenvalue weighted by Gasteiger charge is 2.30. The summed E-state index contributed by atoms with van der Waals surface area (Å²) in [6, 6.07) is 7.42. The first kappa shape index (κ1) is 18.4. The van der Waals surface area contributed by atoms with Gasteiger partial charge in [0, 0.05) is 30.2 Å². The predicted molar refractivity (Wildman–Crippen MR) is 103 cm³/mol. The molecule has 1 aromatic heterocycles. The summed E-state index contributed by atoms with van der Waals surface area (Å²) in [6.07, 6.45) is 5.52. The van der Waals surface area contributed by atoms with Gasteiger partial charge in [-0.05, 0) is 50.8 Å². The van der Waals surface area contributed by atoms with Crippen LogP contribution in [0.15, 0.2) is 28.8 Å². The molecule has 0 N–H and O–H groups in total. The summed E-state index contributed by atoms with van der Waals surface area (Å²) in [5, 5.41) is 4.72. The summed E-state index contributed by atoms with van der Waals surface area (Å²) in [6.45, 7) is 4.14. The van der Waals surface area contributed by atoms with E-state index >= 15 is 0 Å². The van der Waals surface area contributed by atoms with E-state index in [-0.39, 0.29) is 5.92 Å². The molecular formula is C20H25ClN4O2. The van der Waals surface area contributed by atoms with Gasteiger partial charge in [-0.1, -0.05) is 28.9 Å². The van der Waals surface area contributed by atoms with Crippen LogP contribution in [-0.2, 0) is 11.3 Å². The van der Waals surface area contributed by atoms with Gasteiger partial charge in [-0.25, -0.2) is 0 Å². The van der Waals surface area contributed by atoms with Crippen LogP contribution in [0.4, 0.5) is 0 Å². The third-order valence-electron chi connectivity index (χ3n) is 5.43. The molecule has 2 aromatic rings. The van der Waals surface area contributed by atoms with Crippen LogP contribution in [0.25, 0.3) is 11.4 Å². The van der Waals surface area contributed by atoms with Gasteiger partial charge in [-0.15, -0.1) is 0 Å². The van der Waals surface area contributed by atoms with Gasteiger partial charge in [0.15, 0.2) is 0 Å². The van der Waals surface area contributed by atoms with E-state index in [0.29, 0.717) is 29.2 Å². The van der Waals surface area contributed by atoms with Crippen molar-refractivity contribution >= 4 is 17.5 Å². The molecule has 4 rings (SSSR count). The maximum absolute atomic E-state index is 12.8. The number of aromatic nitrogens is 2. The first-order valence-electron chi connectivity index (χ1n) is 9.79. The van der Waals surface area contributed by atoms with E-state index < -0.39 is 0 Å². The van der Waals surface area contributed by atoms with Crippen molar-refractivity contribution in [3.05, 3.63) is 35.2 Å². The Morgan fingerprint density at radius 2 is 2.04 bits per heavy atom. The van der Waals surface area contributed by atoms with Gasteiger partial charge in [-0.3, -0.25) is 9.69 Å². The van der Waals surface area contributed by atoms with Gasteiger partial charge >= 0.3 is 0 Å². The van der Waals surface area contributed by atoms with E-state index in [1.165, 1.54) is 6.42 Å². The number of hydrogen-bond donors (Lipinski definition) is 0. The number of benzene rings is 1. The van der Waals surface area contributed by atoms with Crippen LogP contribution >= 0.6 is 11.6 Å². The summed E-state index contributed by atoms with van der Waals surface area (Å²) in [5.74, 6) is 1.54. The number of rotatable bonds is 4. The zero-order valence-electron chi connectivity index (χ0n) is 15.4. The monoisotopic (exact) mass is 388 g/mol. The second-order valence-electron chi connectivity index (χ2n) is 7.48. The quantitative estimate of drug-likeness (QED) is 0.800. The normalized spacial score (nSPS) is 21.4. The molecule has 0 radical (unpaired) electrons. The number of nitrogens with zero attached hydrogens (tertiary/aromatic N) is 4. The number of halogens is 1. The zero-order chi connectivity index (χ0) is 18.6. The topological polar surface area (TPSA) is 62.5 Å². The Morgan fingerprint density at radius 1 is 1.19 bits per heavy atom. The van der Waals surface area contributed by atoms with Gasteiger partial charge in [0.2, 0.25) is 17.6 Å². The third kappa shape index (κ3) is 4.50. The van der Waals surface area contributed by atoms with E-state index in [1.54, 1.807) is 0 Å². The van der Waals surface area contributed by atoms with Crippen molar-refractivity contribution in [3.8, 4) is 11.4 Å². The lowest BCUT2D eigenvalue weighted by atomic mass is 9.95. The molecule has 7 heteroatoms. The highest BCUT2D eigenvalue weighted by atomic mass is 35.5. The van der Waals surface area contributed by atoms with Gasteiger partial charge in [0.05, 0.1) is 12.5 Å². The van der Waals surface area contributed by atoms with Crippen LogP contribution in [0.5, 0.6) is 0 Å². The minimum absolute atomic E-state index is 0.0900. The van der Waals surface area contributed by atoms with Crippen molar-refractivity contribution in [2.45, 2.75) is 38.6 Å². The second kappa shape index (κ2) is 8.40. The number of piperidine rings is 2. The maximum Gasteiger partial charge on any atom is 0.241 e. The SMILES string of the molecule is O=C(C1CCCN(Cc2nc(-c3cccc(Cl)c3)no2)C1)N1CCCCC1. The van der Waals surface area contributed by atoms with Gasteiger partial charge in [-0.2, -0.15) is 4.98 Å². The summed E-state index contributed by atoms with van der Waals surface area (Å²) in [4.78, 5) is 21.6. The molecule has 27 heavy (non-hydrogen) atoms. The molecule has 2 fully saturated rings. The van der Waals surface area contributed by atoms with Crippen LogP contribution < -0.4 is 0 Å². The molecule has 144 valence electrons. The maximum atomic E-state index is 12.8. The lowest BCUT2D eigenvalue weighted by Crippen LogP contribution is -2.46. The zero-order valence-corrected chi connectivity index (χ0v) is 16.2. The van der Waals surface area contributed by atoms with Crippen molar-refractivity contribution in [1.82, 2.24) is 19.9 Å². The fraction of sp³-hybridized carbons (Fsp3) is 0.550. The first-order chi connectivity index (χ1) is 13.2. The highest BCUT2D eigenvalue weighted by molar-refractivity contribution is 6.30. The summed E-state index contributed by atoms with van der Waals surface area (Å²) in [5.41, 5.74) is 0.842. The third-order valence-corrected chi connectivity index (χ3v) is 5.67. The fourth-order valence-corrected chi connectivity index (χ4v) is 4.22. The van der Waals surface area contributed by atoms with Crippen molar-refractivity contribution in [2.24, 2.45) is 5.92 Å². The van der Waals surface area contributed by atoms with Crippen LogP contribution in [0.2, 0.25) is 5.02 Å². The van der Waals surface area contributed by atoms with Crippen LogP contribution in [0.1, 0.15) is 38.0 Å². The molecule has 6 nitrogen and oxygen atoms in total. The van der Waals surface area contributed by atoms with Gasteiger partial charge in [0.25, 0.3) is 0 Å². The molecule has 0 spiro atoms. The predicted octanol–water partition coefficient (Wildman–Crippen LogP) is 3.61. The van der Waals surface area contributed by atoms with Crippen LogP contribution in [-0.4, -0.2) is 52.0 Å². The largest absolute Gasteiger partial charge is 0.342 e. The smallest absolute Gasteiger partial charge is 0.241 e. The van der Waals surface area contributed by atoms with Crippen LogP contribution in [0, 0.1) is 5.92 Å². The van der Waals surface area contributed by atoms with Gasteiger partial charge < -0.3 is 9.42 Å². The minimum Gasteiger partial charge on any atom is -0.342 e. The molecule has 1 aromatic carbocycles. The Bertz CT molecular complexity index is 788. The van der Waals surface area contributed by atoms with Gasteiger partial charge in [0.1, 0.15) is 0 Å². The van der Waals surface area contributed by atoms with E-state index in [9.17, 15) is 4.79 Å². The summed E-state index contributed by atoms with van der Waals surface area (Å²) < 4.78 is 5.43. The number of carbonyl (C=O) groups excluding carboxylic acids is 1. The highest BCUT2D eigenvalue weighted by Crippen LogP contribution is 2.24. The lowest BCUT2D eigenvalue weighted by molar-refractivity contribution is -0.138. The summed E-state index contributed by atoms with van der Waals surface area (Å²) >= 11 is 6.04. The average Bonchev–Trinajstić information content (AvgIpc) is 3.17. The van der Waals surface area contributed by atoms with E-state index in [2.05, 4.69) is 19.9 Å². The van der Waals surface area contributed by atoms with Crippen molar-refractivity contribution in [3.63, 3.8) is 0 Å². The van der Waals surface area contributed by atoms with Crippen molar-refractivity contribution in [1.29, 1.82) is 0 Å². The molecular weight excluding hydrogens is 364 g/mol. The van der Waals surface area contributed by atoms with E-state index in [0.717, 1.165) is 57.4 Å². The molecule has 2 saturated heterocycles. The van der Waals surface area contributed by atoms with Crippen molar-refractivity contribution < 1.29 is 9.32 Å². The molecule has 0 bridgehead atoms. The standard InChI is InChI=1S/C20H25ClN4O2/c21-17-8-4-6-15(12-17)19-22-18(27-23-19)14-24-9-5-7-16(13-24)20(26)25-10-2-1-3-11-25/h4,6,8,12,16H,1-3,5,7,9-11,13-14H2. The number of carbonyl (C=O) groups is 1. The first-order valence-corrected chi connectivity index (χ1v) is 10.2. The molecule has 2 aliphatic rings. The second-order valence-corrected chi connectivity index (χ2v) is 7.92. The summed E-state index contributed by atoms with van der Waals surface area (Å²) in [7, 11) is 0. The molecule has 1 unspecified atom stereocenters. The Balaban J connectivity index is 1.37.